The van der Waals surface area contributed by atoms with Gasteiger partial charge in [-0.1, -0.05) is 30.3 Å². The zero-order chi connectivity index (χ0) is 9.64. The molecule has 15 heavy (non-hydrogen) atoms. The normalized spacial score (nSPS) is 15.5. The Morgan fingerprint density at radius 3 is 2.53 bits per heavy atom. The summed E-state index contributed by atoms with van der Waals surface area (Å²) in [7, 11) is 0. The lowest BCUT2D eigenvalue weighted by Crippen LogP contribution is -2.48. The summed E-state index contributed by atoms with van der Waals surface area (Å²) in [5.74, 6) is 0. The van der Waals surface area contributed by atoms with Gasteiger partial charge in [0.1, 0.15) is 0 Å². The third kappa shape index (κ3) is 4.20. The molecule has 84 valence electrons. The van der Waals surface area contributed by atoms with Gasteiger partial charge in [-0.2, -0.15) is 0 Å². The Labute approximate surface area is 97.4 Å². The fraction of sp³-hybridized carbons (Fsp3) is 0.500. The molecule has 1 heterocycles. The first-order valence-corrected chi connectivity index (χ1v) is 5.31. The highest BCUT2D eigenvalue weighted by molar-refractivity contribution is 5.85. The van der Waals surface area contributed by atoms with Crippen molar-refractivity contribution in [2.45, 2.75) is 18.9 Å². The van der Waals surface area contributed by atoms with Crippen molar-refractivity contribution >= 4 is 12.4 Å². The minimum atomic E-state index is 0. The number of aryl methyl sites for hydroxylation is 1. The number of rotatable bonds is 5. The molecule has 0 radical (unpaired) electrons. The van der Waals surface area contributed by atoms with Crippen LogP contribution >= 0.6 is 12.4 Å². The molecule has 2 rings (SSSR count). The van der Waals surface area contributed by atoms with Crippen LogP contribution in [0.5, 0.6) is 0 Å². The molecule has 1 fully saturated rings. The van der Waals surface area contributed by atoms with Gasteiger partial charge in [-0.05, 0) is 18.4 Å². The molecular formula is C12H18ClNO. The highest BCUT2D eigenvalue weighted by Gasteiger charge is 2.15. The predicted octanol–water partition coefficient (Wildman–Crippen LogP) is 2.03. The highest BCUT2D eigenvalue weighted by atomic mass is 35.5. The van der Waals surface area contributed by atoms with E-state index < -0.39 is 0 Å². The Morgan fingerprint density at radius 1 is 1.20 bits per heavy atom. The van der Waals surface area contributed by atoms with Crippen molar-refractivity contribution in [3.05, 3.63) is 35.9 Å². The van der Waals surface area contributed by atoms with Crippen LogP contribution < -0.4 is 5.32 Å². The summed E-state index contributed by atoms with van der Waals surface area (Å²) in [6.45, 7) is 2.96. The van der Waals surface area contributed by atoms with Crippen molar-refractivity contribution < 1.29 is 4.74 Å². The van der Waals surface area contributed by atoms with Gasteiger partial charge in [0.05, 0.1) is 6.10 Å². The van der Waals surface area contributed by atoms with Crippen molar-refractivity contribution in [2.24, 2.45) is 0 Å². The molecule has 2 nitrogen and oxygen atoms in total. The second kappa shape index (κ2) is 6.83. The van der Waals surface area contributed by atoms with Crippen molar-refractivity contribution in [1.82, 2.24) is 5.32 Å². The van der Waals surface area contributed by atoms with E-state index in [1.165, 1.54) is 5.56 Å². The quantitative estimate of drug-likeness (QED) is 0.778. The summed E-state index contributed by atoms with van der Waals surface area (Å²) in [4.78, 5) is 0. The van der Waals surface area contributed by atoms with Gasteiger partial charge in [-0.3, -0.25) is 0 Å². The van der Waals surface area contributed by atoms with E-state index in [-0.39, 0.29) is 12.4 Å². The number of hydrogen-bond donors (Lipinski definition) is 1. The second-order valence-corrected chi connectivity index (χ2v) is 3.74. The summed E-state index contributed by atoms with van der Waals surface area (Å²) >= 11 is 0. The number of hydrogen-bond acceptors (Lipinski definition) is 2. The minimum absolute atomic E-state index is 0. The van der Waals surface area contributed by atoms with E-state index in [2.05, 4.69) is 35.6 Å². The molecule has 1 N–H and O–H groups in total. The zero-order valence-corrected chi connectivity index (χ0v) is 9.63. The third-order valence-corrected chi connectivity index (χ3v) is 2.55. The van der Waals surface area contributed by atoms with Crippen LogP contribution in [0.1, 0.15) is 12.0 Å². The van der Waals surface area contributed by atoms with E-state index in [0.29, 0.717) is 6.10 Å². The first kappa shape index (κ1) is 12.5. The van der Waals surface area contributed by atoms with Crippen LogP contribution in [0.2, 0.25) is 0 Å². The molecule has 0 spiro atoms. The Kier molecular flexibility index (Phi) is 5.69. The summed E-state index contributed by atoms with van der Waals surface area (Å²) < 4.78 is 5.64. The minimum Gasteiger partial charge on any atom is -0.376 e. The first-order chi connectivity index (χ1) is 6.95. The molecule has 1 aromatic rings. The maximum Gasteiger partial charge on any atom is 0.0823 e. The molecule has 0 aliphatic carbocycles. The third-order valence-electron chi connectivity index (χ3n) is 2.55. The first-order valence-electron chi connectivity index (χ1n) is 5.31. The molecule has 0 unspecified atom stereocenters. The number of nitrogens with one attached hydrogen (secondary N) is 1. The van der Waals surface area contributed by atoms with Gasteiger partial charge >= 0.3 is 0 Å². The Morgan fingerprint density at radius 2 is 1.93 bits per heavy atom. The molecule has 0 bridgehead atoms. The van der Waals surface area contributed by atoms with Crippen LogP contribution in [0.15, 0.2) is 30.3 Å². The van der Waals surface area contributed by atoms with E-state index in [4.69, 9.17) is 4.74 Å². The van der Waals surface area contributed by atoms with Crippen LogP contribution in [0, 0.1) is 0 Å². The van der Waals surface area contributed by atoms with E-state index in [1.807, 2.05) is 0 Å². The van der Waals surface area contributed by atoms with Crippen molar-refractivity contribution in [3.63, 3.8) is 0 Å². The highest BCUT2D eigenvalue weighted by Crippen LogP contribution is 2.04. The number of ether oxygens (including phenoxy) is 1. The molecule has 1 aliphatic heterocycles. The number of benzene rings is 1. The summed E-state index contributed by atoms with van der Waals surface area (Å²) in [5, 5.41) is 3.19. The van der Waals surface area contributed by atoms with Gasteiger partial charge in [-0.15, -0.1) is 12.4 Å². The topological polar surface area (TPSA) is 21.3 Å². The largest absolute Gasteiger partial charge is 0.376 e. The molecule has 1 saturated heterocycles. The molecular weight excluding hydrogens is 210 g/mol. The van der Waals surface area contributed by atoms with Gasteiger partial charge in [0.15, 0.2) is 0 Å². The fourth-order valence-corrected chi connectivity index (χ4v) is 1.55. The molecule has 0 saturated carbocycles. The van der Waals surface area contributed by atoms with Gasteiger partial charge in [0.2, 0.25) is 0 Å². The zero-order valence-electron chi connectivity index (χ0n) is 8.82. The molecule has 1 aliphatic rings. The van der Waals surface area contributed by atoms with E-state index in [9.17, 15) is 0 Å². The monoisotopic (exact) mass is 227 g/mol. The lowest BCUT2D eigenvalue weighted by Gasteiger charge is -2.27. The summed E-state index contributed by atoms with van der Waals surface area (Å²) in [5.41, 5.74) is 1.41. The number of halogens is 1. The van der Waals surface area contributed by atoms with Gasteiger partial charge in [0.25, 0.3) is 0 Å². The van der Waals surface area contributed by atoms with Gasteiger partial charge < -0.3 is 10.1 Å². The van der Waals surface area contributed by atoms with Crippen molar-refractivity contribution in [3.8, 4) is 0 Å². The Hall–Kier alpha value is -0.570. The van der Waals surface area contributed by atoms with Crippen molar-refractivity contribution in [1.29, 1.82) is 0 Å². The van der Waals surface area contributed by atoms with Crippen LogP contribution in [-0.4, -0.2) is 25.8 Å². The predicted molar refractivity (Wildman–Crippen MR) is 64.6 cm³/mol. The Balaban J connectivity index is 0.00000112. The van der Waals surface area contributed by atoms with E-state index >= 15 is 0 Å². The SMILES string of the molecule is Cl.c1ccc(CCCOC2CNC2)cc1. The molecule has 0 aromatic heterocycles. The van der Waals surface area contributed by atoms with Crippen LogP contribution in [0.3, 0.4) is 0 Å². The lowest BCUT2D eigenvalue weighted by atomic mass is 10.1. The summed E-state index contributed by atoms with van der Waals surface area (Å²) in [6.07, 6.45) is 2.73. The maximum absolute atomic E-state index is 5.64. The molecule has 3 heteroatoms. The van der Waals surface area contributed by atoms with Gasteiger partial charge in [-0.25, -0.2) is 0 Å². The molecule has 0 atom stereocenters. The Bertz CT molecular complexity index is 262. The van der Waals surface area contributed by atoms with Crippen LogP contribution in [-0.2, 0) is 11.2 Å². The lowest BCUT2D eigenvalue weighted by molar-refractivity contribution is 0.0179. The van der Waals surface area contributed by atoms with Crippen molar-refractivity contribution in [2.75, 3.05) is 19.7 Å². The smallest absolute Gasteiger partial charge is 0.0823 e. The fourth-order valence-electron chi connectivity index (χ4n) is 1.55. The summed E-state index contributed by atoms with van der Waals surface area (Å²) in [6, 6.07) is 10.6. The van der Waals surface area contributed by atoms with Crippen LogP contribution in [0.4, 0.5) is 0 Å². The standard InChI is InChI=1S/C12H17NO.ClH/c1-2-5-11(6-3-1)7-4-8-14-12-9-13-10-12;/h1-3,5-6,12-13H,4,7-10H2;1H. The van der Waals surface area contributed by atoms with Gasteiger partial charge in [0, 0.05) is 19.7 Å². The van der Waals surface area contributed by atoms with E-state index in [1.54, 1.807) is 0 Å². The average Bonchev–Trinajstić information content (AvgIpc) is 2.16. The second-order valence-electron chi connectivity index (χ2n) is 3.74. The molecule has 1 aromatic carbocycles. The average molecular weight is 228 g/mol. The maximum atomic E-state index is 5.64. The van der Waals surface area contributed by atoms with Crippen LogP contribution in [0.25, 0.3) is 0 Å². The van der Waals surface area contributed by atoms with E-state index in [0.717, 1.165) is 32.5 Å². The molecule has 0 amide bonds.